The van der Waals surface area contributed by atoms with Crippen LogP contribution in [0.2, 0.25) is 0 Å². The van der Waals surface area contributed by atoms with Crippen LogP contribution in [-0.2, 0) is 11.4 Å². The molecule has 1 amide bonds. The molecular formula is C17H15FN2O2S. The summed E-state index contributed by atoms with van der Waals surface area (Å²) in [6.07, 6.45) is 0. The van der Waals surface area contributed by atoms with Gasteiger partial charge in [-0.1, -0.05) is 0 Å². The Labute approximate surface area is 136 Å². The third-order valence-corrected chi connectivity index (χ3v) is 4.24. The van der Waals surface area contributed by atoms with Crippen molar-refractivity contribution in [1.29, 1.82) is 0 Å². The lowest BCUT2D eigenvalue weighted by molar-refractivity contribution is -0.114. The van der Waals surface area contributed by atoms with Crippen molar-refractivity contribution in [2.45, 2.75) is 20.5 Å². The van der Waals surface area contributed by atoms with Crippen molar-refractivity contribution in [2.24, 2.45) is 0 Å². The number of nitrogens with one attached hydrogen (secondary N) is 1. The number of benzene rings is 2. The van der Waals surface area contributed by atoms with E-state index < -0.39 is 0 Å². The number of carbonyl (C=O) groups excluding carboxylic acids is 1. The van der Waals surface area contributed by atoms with Crippen molar-refractivity contribution in [3.63, 3.8) is 0 Å². The Balaban J connectivity index is 1.69. The molecule has 0 spiro atoms. The number of ether oxygens (including phenoxy) is 1. The molecule has 0 atom stereocenters. The van der Waals surface area contributed by atoms with Crippen LogP contribution in [0, 0.1) is 12.7 Å². The lowest BCUT2D eigenvalue weighted by atomic mass is 10.2. The molecule has 118 valence electrons. The number of hydrogen-bond acceptors (Lipinski definition) is 4. The summed E-state index contributed by atoms with van der Waals surface area (Å²) in [4.78, 5) is 15.4. The van der Waals surface area contributed by atoms with Gasteiger partial charge in [-0.05, 0) is 48.9 Å². The molecule has 0 bridgehead atoms. The van der Waals surface area contributed by atoms with Gasteiger partial charge in [0.05, 0.1) is 10.2 Å². The molecule has 3 aromatic rings. The SMILES string of the molecule is CC(=O)Nc1ccc(OCc2nc3cc(C)c(F)cc3s2)cc1. The second-order valence-electron chi connectivity index (χ2n) is 5.17. The molecule has 1 aromatic heterocycles. The highest BCUT2D eigenvalue weighted by atomic mass is 32.1. The molecule has 0 unspecified atom stereocenters. The van der Waals surface area contributed by atoms with Crippen molar-refractivity contribution in [1.82, 2.24) is 4.98 Å². The number of halogens is 1. The summed E-state index contributed by atoms with van der Waals surface area (Å²) in [5.74, 6) is 0.346. The first-order chi connectivity index (χ1) is 11.0. The number of nitrogens with zero attached hydrogens (tertiary/aromatic N) is 1. The first-order valence-electron chi connectivity index (χ1n) is 7.07. The molecule has 2 aromatic carbocycles. The zero-order valence-electron chi connectivity index (χ0n) is 12.7. The van der Waals surface area contributed by atoms with E-state index in [0.29, 0.717) is 17.9 Å². The van der Waals surface area contributed by atoms with Crippen LogP contribution in [0.3, 0.4) is 0 Å². The Morgan fingerprint density at radius 2 is 2.04 bits per heavy atom. The summed E-state index contributed by atoms with van der Waals surface area (Å²) < 4.78 is 20.1. The first kappa shape index (κ1) is 15.4. The van der Waals surface area contributed by atoms with Crippen LogP contribution < -0.4 is 10.1 Å². The second-order valence-corrected chi connectivity index (χ2v) is 6.29. The lowest BCUT2D eigenvalue weighted by Crippen LogP contribution is -2.05. The number of fused-ring (bicyclic) bond motifs is 1. The molecule has 4 nitrogen and oxygen atoms in total. The second kappa shape index (κ2) is 6.34. The molecule has 0 fully saturated rings. The van der Waals surface area contributed by atoms with Gasteiger partial charge in [-0.25, -0.2) is 9.37 Å². The average molecular weight is 330 g/mol. The van der Waals surface area contributed by atoms with Crippen molar-refractivity contribution in [3.8, 4) is 5.75 Å². The topological polar surface area (TPSA) is 51.2 Å². The maximum absolute atomic E-state index is 13.6. The van der Waals surface area contributed by atoms with Gasteiger partial charge in [0.1, 0.15) is 23.2 Å². The number of carbonyl (C=O) groups is 1. The fourth-order valence-electron chi connectivity index (χ4n) is 2.15. The summed E-state index contributed by atoms with van der Waals surface area (Å²) >= 11 is 1.42. The largest absolute Gasteiger partial charge is 0.486 e. The van der Waals surface area contributed by atoms with Crippen LogP contribution in [0.1, 0.15) is 17.5 Å². The van der Waals surface area contributed by atoms with Crippen molar-refractivity contribution in [2.75, 3.05) is 5.32 Å². The number of hydrogen-bond donors (Lipinski definition) is 1. The average Bonchev–Trinajstić information content (AvgIpc) is 2.88. The zero-order chi connectivity index (χ0) is 16.4. The fourth-order valence-corrected chi connectivity index (χ4v) is 3.03. The summed E-state index contributed by atoms with van der Waals surface area (Å²) in [5, 5.41) is 3.48. The predicted octanol–water partition coefficient (Wildman–Crippen LogP) is 4.28. The van der Waals surface area contributed by atoms with E-state index in [1.165, 1.54) is 24.3 Å². The monoisotopic (exact) mass is 330 g/mol. The number of thiazole rings is 1. The minimum Gasteiger partial charge on any atom is -0.486 e. The van der Waals surface area contributed by atoms with E-state index in [0.717, 1.165) is 20.9 Å². The molecule has 23 heavy (non-hydrogen) atoms. The Morgan fingerprint density at radius 1 is 1.30 bits per heavy atom. The quantitative estimate of drug-likeness (QED) is 0.777. The minimum absolute atomic E-state index is 0.115. The normalized spacial score (nSPS) is 10.7. The predicted molar refractivity (Wildman–Crippen MR) is 89.4 cm³/mol. The van der Waals surface area contributed by atoms with Gasteiger partial charge >= 0.3 is 0 Å². The van der Waals surface area contributed by atoms with Gasteiger partial charge in [-0.15, -0.1) is 11.3 Å². The number of rotatable bonds is 4. The Bertz CT molecular complexity index is 820. The van der Waals surface area contributed by atoms with Crippen LogP contribution in [-0.4, -0.2) is 10.9 Å². The van der Waals surface area contributed by atoms with Gasteiger partial charge in [-0.2, -0.15) is 0 Å². The molecule has 1 heterocycles. The molecule has 0 saturated heterocycles. The van der Waals surface area contributed by atoms with Gasteiger partial charge < -0.3 is 10.1 Å². The zero-order valence-corrected chi connectivity index (χ0v) is 13.5. The van der Waals surface area contributed by atoms with Crippen molar-refractivity contribution < 1.29 is 13.9 Å². The highest BCUT2D eigenvalue weighted by Gasteiger charge is 2.08. The number of aryl methyl sites for hydroxylation is 1. The highest BCUT2D eigenvalue weighted by Crippen LogP contribution is 2.26. The summed E-state index contributed by atoms with van der Waals surface area (Å²) in [7, 11) is 0. The van der Waals surface area contributed by atoms with E-state index in [1.807, 2.05) is 0 Å². The van der Waals surface area contributed by atoms with E-state index in [4.69, 9.17) is 4.74 Å². The van der Waals surface area contributed by atoms with Gasteiger partial charge in [0.2, 0.25) is 5.91 Å². The molecule has 0 aliphatic carbocycles. The van der Waals surface area contributed by atoms with Gasteiger partial charge in [0.25, 0.3) is 0 Å². The van der Waals surface area contributed by atoms with Crippen molar-refractivity contribution in [3.05, 3.63) is 52.8 Å². The van der Waals surface area contributed by atoms with E-state index in [2.05, 4.69) is 10.3 Å². The molecule has 3 rings (SSSR count). The van der Waals surface area contributed by atoms with Gasteiger partial charge in [-0.3, -0.25) is 4.79 Å². The smallest absolute Gasteiger partial charge is 0.221 e. The van der Waals surface area contributed by atoms with E-state index in [9.17, 15) is 9.18 Å². The van der Waals surface area contributed by atoms with Crippen LogP contribution >= 0.6 is 11.3 Å². The number of anilines is 1. The third kappa shape index (κ3) is 3.65. The van der Waals surface area contributed by atoms with E-state index in [1.54, 1.807) is 37.3 Å². The van der Waals surface area contributed by atoms with Crippen LogP contribution in [0.4, 0.5) is 10.1 Å². The Hall–Kier alpha value is -2.47. The molecule has 0 aliphatic heterocycles. The molecule has 0 aliphatic rings. The number of aromatic nitrogens is 1. The maximum atomic E-state index is 13.6. The Morgan fingerprint density at radius 3 is 2.74 bits per heavy atom. The van der Waals surface area contributed by atoms with Gasteiger partial charge in [0.15, 0.2) is 0 Å². The summed E-state index contributed by atoms with van der Waals surface area (Å²) in [5.41, 5.74) is 2.09. The third-order valence-electron chi connectivity index (χ3n) is 3.25. The van der Waals surface area contributed by atoms with Gasteiger partial charge in [0, 0.05) is 12.6 Å². The molecule has 0 saturated carbocycles. The minimum atomic E-state index is -0.220. The molecular weight excluding hydrogens is 315 g/mol. The van der Waals surface area contributed by atoms with Crippen LogP contribution in [0.15, 0.2) is 36.4 Å². The maximum Gasteiger partial charge on any atom is 0.221 e. The van der Waals surface area contributed by atoms with E-state index in [-0.39, 0.29) is 11.7 Å². The lowest BCUT2D eigenvalue weighted by Gasteiger charge is -2.05. The van der Waals surface area contributed by atoms with Crippen LogP contribution in [0.25, 0.3) is 10.2 Å². The highest BCUT2D eigenvalue weighted by molar-refractivity contribution is 7.18. The molecule has 1 N–H and O–H groups in total. The molecule has 0 radical (unpaired) electrons. The van der Waals surface area contributed by atoms with Crippen LogP contribution in [0.5, 0.6) is 5.75 Å². The van der Waals surface area contributed by atoms with E-state index >= 15 is 0 Å². The van der Waals surface area contributed by atoms with Crippen molar-refractivity contribution >= 4 is 33.1 Å². The first-order valence-corrected chi connectivity index (χ1v) is 7.89. The fraction of sp³-hybridized carbons (Fsp3) is 0.176. The molecule has 6 heteroatoms. The Kier molecular flexibility index (Phi) is 4.25. The number of amides is 1. The summed E-state index contributed by atoms with van der Waals surface area (Å²) in [6.45, 7) is 3.50. The summed E-state index contributed by atoms with van der Waals surface area (Å²) in [6, 6.07) is 10.4. The standard InChI is InChI=1S/C17H15FN2O2S/c1-10-7-15-16(8-14(10)18)23-17(20-15)9-22-13-5-3-12(4-6-13)19-11(2)21/h3-8H,9H2,1-2H3,(H,19,21).